The van der Waals surface area contributed by atoms with Gasteiger partial charge >= 0.3 is 0 Å². The van der Waals surface area contributed by atoms with Crippen molar-refractivity contribution in [3.05, 3.63) is 47.8 Å². The van der Waals surface area contributed by atoms with E-state index in [2.05, 4.69) is 11.1 Å². The topological polar surface area (TPSA) is 64.4 Å². The van der Waals surface area contributed by atoms with Crippen LogP contribution in [-0.2, 0) is 0 Å². The monoisotopic (exact) mass is 284 g/mol. The fraction of sp³-hybridized carbons (Fsp3) is 0.250. The summed E-state index contributed by atoms with van der Waals surface area (Å²) in [6.45, 7) is 0. The zero-order valence-corrected chi connectivity index (χ0v) is 12.2. The van der Waals surface area contributed by atoms with Crippen molar-refractivity contribution in [3.8, 4) is 23.3 Å². The Kier molecular flexibility index (Phi) is 4.62. The largest absolute Gasteiger partial charge is 0.493 e. The maximum atomic E-state index is 9.48. The summed E-state index contributed by atoms with van der Waals surface area (Å²) in [6.07, 6.45) is 1.66. The summed E-state index contributed by atoms with van der Waals surface area (Å²) in [5.74, 6) is 1.03. The van der Waals surface area contributed by atoms with Crippen molar-refractivity contribution in [2.75, 3.05) is 21.3 Å². The zero-order valence-electron chi connectivity index (χ0n) is 12.2. The Labute approximate surface area is 123 Å². The van der Waals surface area contributed by atoms with Gasteiger partial charge in [0.2, 0.25) is 5.75 Å². The van der Waals surface area contributed by atoms with Crippen LogP contribution in [0.2, 0.25) is 0 Å². The molecule has 0 fully saturated rings. The SMILES string of the molecule is COc1cc([C@H](C#N)c2ccccn2)cc(OC)c1OC. The van der Waals surface area contributed by atoms with Crippen LogP contribution in [0.15, 0.2) is 36.5 Å². The first-order valence-corrected chi connectivity index (χ1v) is 6.35. The normalized spacial score (nSPS) is 11.3. The van der Waals surface area contributed by atoms with Crippen LogP contribution in [0.3, 0.4) is 0 Å². The van der Waals surface area contributed by atoms with Gasteiger partial charge in [0.1, 0.15) is 5.92 Å². The van der Waals surface area contributed by atoms with Crippen LogP contribution in [0, 0.1) is 11.3 Å². The summed E-state index contributed by atoms with van der Waals surface area (Å²) in [7, 11) is 4.63. The highest BCUT2D eigenvalue weighted by Gasteiger charge is 2.20. The molecule has 2 aromatic rings. The second-order valence-corrected chi connectivity index (χ2v) is 4.28. The first kappa shape index (κ1) is 14.7. The summed E-state index contributed by atoms with van der Waals surface area (Å²) in [5.41, 5.74) is 1.42. The average molecular weight is 284 g/mol. The van der Waals surface area contributed by atoms with Gasteiger partial charge in [0.25, 0.3) is 0 Å². The molecule has 0 aliphatic rings. The lowest BCUT2D eigenvalue weighted by molar-refractivity contribution is 0.323. The molecular weight excluding hydrogens is 268 g/mol. The van der Waals surface area contributed by atoms with Crippen LogP contribution in [0.1, 0.15) is 17.2 Å². The van der Waals surface area contributed by atoms with Gasteiger partial charge in [-0.05, 0) is 29.8 Å². The molecule has 0 unspecified atom stereocenters. The molecule has 0 aliphatic heterocycles. The van der Waals surface area contributed by atoms with E-state index in [4.69, 9.17) is 14.2 Å². The van der Waals surface area contributed by atoms with Gasteiger partial charge in [-0.3, -0.25) is 4.98 Å². The van der Waals surface area contributed by atoms with Crippen molar-refractivity contribution in [2.45, 2.75) is 5.92 Å². The smallest absolute Gasteiger partial charge is 0.203 e. The Hall–Kier alpha value is -2.74. The number of methoxy groups -OCH3 is 3. The van der Waals surface area contributed by atoms with E-state index in [1.807, 2.05) is 18.2 Å². The Morgan fingerprint density at radius 3 is 2.14 bits per heavy atom. The third kappa shape index (κ3) is 2.90. The molecule has 108 valence electrons. The number of rotatable bonds is 5. The number of pyridine rings is 1. The molecule has 5 heteroatoms. The van der Waals surface area contributed by atoms with Crippen LogP contribution in [0.4, 0.5) is 0 Å². The molecule has 1 aromatic heterocycles. The second-order valence-electron chi connectivity index (χ2n) is 4.28. The van der Waals surface area contributed by atoms with Crippen molar-refractivity contribution in [1.29, 1.82) is 5.26 Å². The molecule has 2 rings (SSSR count). The lowest BCUT2D eigenvalue weighted by Gasteiger charge is -2.16. The highest BCUT2D eigenvalue weighted by molar-refractivity contribution is 5.56. The van der Waals surface area contributed by atoms with Crippen LogP contribution in [0.25, 0.3) is 0 Å². The van der Waals surface area contributed by atoms with Crippen molar-refractivity contribution >= 4 is 0 Å². The van der Waals surface area contributed by atoms with Crippen LogP contribution in [-0.4, -0.2) is 26.3 Å². The molecule has 5 nitrogen and oxygen atoms in total. The van der Waals surface area contributed by atoms with E-state index < -0.39 is 5.92 Å². The Morgan fingerprint density at radius 2 is 1.71 bits per heavy atom. The molecule has 0 bridgehead atoms. The second kappa shape index (κ2) is 6.62. The maximum Gasteiger partial charge on any atom is 0.203 e. The molecule has 0 N–H and O–H groups in total. The van der Waals surface area contributed by atoms with Gasteiger partial charge in [-0.25, -0.2) is 0 Å². The number of ether oxygens (including phenoxy) is 3. The molecular formula is C16H16N2O3. The predicted molar refractivity (Wildman–Crippen MR) is 77.8 cm³/mol. The van der Waals surface area contributed by atoms with E-state index in [-0.39, 0.29) is 0 Å². The van der Waals surface area contributed by atoms with E-state index in [1.54, 1.807) is 39.7 Å². The molecule has 0 saturated heterocycles. The van der Waals surface area contributed by atoms with Gasteiger partial charge in [0, 0.05) is 6.20 Å². The van der Waals surface area contributed by atoms with Gasteiger partial charge in [-0.2, -0.15) is 5.26 Å². The number of aromatic nitrogens is 1. The fourth-order valence-electron chi connectivity index (χ4n) is 2.13. The molecule has 21 heavy (non-hydrogen) atoms. The van der Waals surface area contributed by atoms with E-state index >= 15 is 0 Å². The minimum atomic E-state index is -0.500. The van der Waals surface area contributed by atoms with Gasteiger partial charge in [0.15, 0.2) is 11.5 Å². The predicted octanol–water partition coefficient (Wildman–Crippen LogP) is 2.76. The lowest BCUT2D eigenvalue weighted by atomic mass is 9.96. The third-order valence-electron chi connectivity index (χ3n) is 3.13. The summed E-state index contributed by atoms with van der Waals surface area (Å²) < 4.78 is 15.9. The highest BCUT2D eigenvalue weighted by Crippen LogP contribution is 2.40. The Bertz CT molecular complexity index is 625. The van der Waals surface area contributed by atoms with Crippen LogP contribution < -0.4 is 14.2 Å². The van der Waals surface area contributed by atoms with E-state index in [0.29, 0.717) is 22.9 Å². The standard InChI is InChI=1S/C16H16N2O3/c1-19-14-8-11(9-15(20-2)16(14)21-3)12(10-17)13-6-4-5-7-18-13/h4-9,12H,1-3H3/t12-/m0/s1. The molecule has 0 spiro atoms. The summed E-state index contributed by atoms with van der Waals surface area (Å²) >= 11 is 0. The van der Waals surface area contributed by atoms with Gasteiger partial charge in [-0.15, -0.1) is 0 Å². The lowest BCUT2D eigenvalue weighted by Crippen LogP contribution is -2.03. The van der Waals surface area contributed by atoms with Crippen molar-refractivity contribution < 1.29 is 14.2 Å². The fourth-order valence-corrected chi connectivity index (χ4v) is 2.13. The summed E-state index contributed by atoms with van der Waals surface area (Å²) in [4.78, 5) is 4.24. The Morgan fingerprint density at radius 1 is 1.05 bits per heavy atom. The molecule has 0 aliphatic carbocycles. The third-order valence-corrected chi connectivity index (χ3v) is 3.13. The van der Waals surface area contributed by atoms with Crippen LogP contribution >= 0.6 is 0 Å². The molecule has 0 amide bonds. The Balaban J connectivity index is 2.55. The zero-order chi connectivity index (χ0) is 15.2. The number of hydrogen-bond donors (Lipinski definition) is 0. The summed E-state index contributed by atoms with van der Waals surface area (Å²) in [5, 5.41) is 9.48. The van der Waals surface area contributed by atoms with Crippen molar-refractivity contribution in [3.63, 3.8) is 0 Å². The first-order chi connectivity index (χ1) is 10.2. The highest BCUT2D eigenvalue weighted by atomic mass is 16.5. The molecule has 1 aromatic carbocycles. The minimum Gasteiger partial charge on any atom is -0.493 e. The van der Waals surface area contributed by atoms with Gasteiger partial charge < -0.3 is 14.2 Å². The number of benzene rings is 1. The summed E-state index contributed by atoms with van der Waals surface area (Å²) in [6, 6.07) is 11.3. The molecule has 0 radical (unpaired) electrons. The quantitative estimate of drug-likeness (QED) is 0.844. The van der Waals surface area contributed by atoms with Gasteiger partial charge in [0.05, 0.1) is 33.1 Å². The van der Waals surface area contributed by atoms with E-state index in [9.17, 15) is 5.26 Å². The van der Waals surface area contributed by atoms with Crippen molar-refractivity contribution in [1.82, 2.24) is 4.98 Å². The van der Waals surface area contributed by atoms with Crippen molar-refractivity contribution in [2.24, 2.45) is 0 Å². The number of nitrogens with zero attached hydrogens (tertiary/aromatic N) is 2. The molecule has 1 atom stereocenters. The first-order valence-electron chi connectivity index (χ1n) is 6.35. The number of nitriles is 1. The average Bonchev–Trinajstić information content (AvgIpc) is 2.55. The maximum absolute atomic E-state index is 9.48. The van der Waals surface area contributed by atoms with E-state index in [0.717, 1.165) is 5.56 Å². The minimum absolute atomic E-state index is 0.500. The molecule has 1 heterocycles. The number of hydrogen-bond acceptors (Lipinski definition) is 5. The van der Waals surface area contributed by atoms with E-state index in [1.165, 1.54) is 0 Å². The molecule has 0 saturated carbocycles. The van der Waals surface area contributed by atoms with Gasteiger partial charge in [-0.1, -0.05) is 6.07 Å². The van der Waals surface area contributed by atoms with Crippen LogP contribution in [0.5, 0.6) is 17.2 Å².